The number of H-pyrrole nitrogens is 1. The van der Waals surface area contributed by atoms with Crippen LogP contribution in [0.1, 0.15) is 18.4 Å². The number of carbonyl (C=O) groups is 1. The van der Waals surface area contributed by atoms with Crippen LogP contribution in [-0.4, -0.2) is 50.8 Å². The van der Waals surface area contributed by atoms with Crippen molar-refractivity contribution in [1.29, 1.82) is 0 Å². The average Bonchev–Trinajstić information content (AvgIpc) is 3.19. The molecule has 1 unspecified atom stereocenters. The first-order valence-corrected chi connectivity index (χ1v) is 9.25. The molecule has 2 amide bonds. The van der Waals surface area contributed by atoms with Gasteiger partial charge < -0.3 is 16.0 Å². The first-order chi connectivity index (χ1) is 13.5. The average molecular weight is 381 g/mol. The lowest BCUT2D eigenvalue weighted by Crippen LogP contribution is -2.59. The molecular weight excluding hydrogens is 358 g/mol. The quantitative estimate of drug-likeness (QED) is 0.618. The minimum absolute atomic E-state index is 0.0365. The molecular formula is C19H23N7O2. The molecule has 3 aromatic rings. The van der Waals surface area contributed by atoms with Crippen LogP contribution in [0.25, 0.3) is 11.0 Å². The molecule has 0 saturated carbocycles. The number of fused-ring (bicyclic) bond motifs is 1. The van der Waals surface area contributed by atoms with E-state index in [0.29, 0.717) is 11.0 Å². The van der Waals surface area contributed by atoms with Crippen molar-refractivity contribution in [2.75, 3.05) is 20.1 Å². The molecule has 146 valence electrons. The third kappa shape index (κ3) is 2.93. The monoisotopic (exact) mass is 381 g/mol. The summed E-state index contributed by atoms with van der Waals surface area (Å²) in [6.45, 7) is 1.78. The molecule has 9 heteroatoms. The summed E-state index contributed by atoms with van der Waals surface area (Å²) in [7, 11) is 2.08. The van der Waals surface area contributed by atoms with E-state index in [2.05, 4.69) is 32.4 Å². The summed E-state index contributed by atoms with van der Waals surface area (Å²) in [4.78, 5) is 30.7. The standard InChI is InChI=1S/C19H23N7O2/c1-25-9-7-14(8-10-25)19(23-18(20)28,13-5-3-2-4-6-13)26-12-21-17(27)15-11-22-24-16(15)26/h2-6,11-12,14H,7-10H2,1H3,(H,22,24)(H3,20,23,28). The minimum Gasteiger partial charge on any atom is -0.352 e. The molecule has 28 heavy (non-hydrogen) atoms. The second-order valence-electron chi connectivity index (χ2n) is 7.25. The van der Waals surface area contributed by atoms with Gasteiger partial charge in [-0.3, -0.25) is 14.5 Å². The lowest BCUT2D eigenvalue weighted by molar-refractivity contribution is 0.103. The maximum atomic E-state index is 12.2. The van der Waals surface area contributed by atoms with E-state index in [1.807, 2.05) is 30.3 Å². The number of nitrogens with two attached hydrogens (primary N) is 1. The summed E-state index contributed by atoms with van der Waals surface area (Å²) in [5.41, 5.74) is 5.65. The Labute approximate surface area is 161 Å². The fraction of sp³-hybridized carbons (Fsp3) is 0.368. The second-order valence-corrected chi connectivity index (χ2v) is 7.25. The molecule has 1 aliphatic heterocycles. The number of amides is 2. The number of primary amides is 1. The molecule has 9 nitrogen and oxygen atoms in total. The molecule has 1 fully saturated rings. The summed E-state index contributed by atoms with van der Waals surface area (Å²) in [6.07, 6.45) is 4.60. The lowest BCUT2D eigenvalue weighted by atomic mass is 9.79. The molecule has 0 aliphatic carbocycles. The highest BCUT2D eigenvalue weighted by atomic mass is 16.2. The number of urea groups is 1. The van der Waals surface area contributed by atoms with E-state index < -0.39 is 11.7 Å². The predicted molar refractivity (Wildman–Crippen MR) is 105 cm³/mol. The van der Waals surface area contributed by atoms with Crippen LogP contribution < -0.4 is 16.6 Å². The van der Waals surface area contributed by atoms with Gasteiger partial charge in [-0.25, -0.2) is 4.79 Å². The van der Waals surface area contributed by atoms with Crippen LogP contribution in [0.4, 0.5) is 4.79 Å². The van der Waals surface area contributed by atoms with Gasteiger partial charge in [0.05, 0.1) is 6.20 Å². The van der Waals surface area contributed by atoms with Crippen LogP contribution >= 0.6 is 0 Å². The zero-order valence-corrected chi connectivity index (χ0v) is 15.6. The summed E-state index contributed by atoms with van der Waals surface area (Å²) >= 11 is 0. The van der Waals surface area contributed by atoms with Crippen molar-refractivity contribution >= 4 is 17.1 Å². The number of piperidine rings is 1. The Kier molecular flexibility index (Phi) is 4.60. The number of carbonyl (C=O) groups excluding carboxylic acids is 1. The second kappa shape index (κ2) is 7.08. The van der Waals surface area contributed by atoms with Crippen molar-refractivity contribution in [2.24, 2.45) is 11.7 Å². The minimum atomic E-state index is -1.00. The van der Waals surface area contributed by atoms with Crippen molar-refractivity contribution in [3.63, 3.8) is 0 Å². The van der Waals surface area contributed by atoms with Crippen molar-refractivity contribution in [3.8, 4) is 0 Å². The summed E-state index contributed by atoms with van der Waals surface area (Å²) in [5.74, 6) is 0.0365. The predicted octanol–water partition coefficient (Wildman–Crippen LogP) is 0.831. The van der Waals surface area contributed by atoms with E-state index in [-0.39, 0.29) is 11.5 Å². The van der Waals surface area contributed by atoms with Gasteiger partial charge in [-0.05, 0) is 38.5 Å². The van der Waals surface area contributed by atoms with E-state index in [1.165, 1.54) is 12.5 Å². The first-order valence-electron chi connectivity index (χ1n) is 9.25. The molecule has 1 saturated heterocycles. The number of nitrogens with one attached hydrogen (secondary N) is 2. The highest BCUT2D eigenvalue weighted by Gasteiger charge is 2.45. The van der Waals surface area contributed by atoms with Gasteiger partial charge in [0.15, 0.2) is 0 Å². The topological polar surface area (TPSA) is 122 Å². The molecule has 2 aromatic heterocycles. The van der Waals surface area contributed by atoms with Crippen LogP contribution in [0.5, 0.6) is 0 Å². The number of rotatable bonds is 4. The molecule has 4 rings (SSSR count). The van der Waals surface area contributed by atoms with Crippen molar-refractivity contribution < 1.29 is 4.79 Å². The fourth-order valence-corrected chi connectivity index (χ4v) is 4.24. The maximum absolute atomic E-state index is 12.2. The van der Waals surface area contributed by atoms with Crippen molar-refractivity contribution in [2.45, 2.75) is 18.5 Å². The zero-order chi connectivity index (χ0) is 19.7. The van der Waals surface area contributed by atoms with Crippen LogP contribution in [0.15, 0.2) is 47.7 Å². The van der Waals surface area contributed by atoms with Crippen molar-refractivity contribution in [1.82, 2.24) is 30.0 Å². The molecule has 3 heterocycles. The van der Waals surface area contributed by atoms with E-state index in [4.69, 9.17) is 5.73 Å². The summed E-state index contributed by atoms with van der Waals surface area (Å²) in [6, 6.07) is 9.02. The normalized spacial score (nSPS) is 18.0. The summed E-state index contributed by atoms with van der Waals surface area (Å²) in [5, 5.41) is 10.3. The van der Waals surface area contributed by atoms with Crippen LogP contribution in [-0.2, 0) is 5.66 Å². The highest BCUT2D eigenvalue weighted by Crippen LogP contribution is 2.39. The summed E-state index contributed by atoms with van der Waals surface area (Å²) < 4.78 is 1.80. The lowest BCUT2D eigenvalue weighted by Gasteiger charge is -2.46. The Balaban J connectivity index is 2.01. The third-order valence-electron chi connectivity index (χ3n) is 5.60. The first kappa shape index (κ1) is 18.2. The number of benzene rings is 1. The largest absolute Gasteiger partial charge is 0.352 e. The number of aromatic amines is 1. The van der Waals surface area contributed by atoms with E-state index in [9.17, 15) is 9.59 Å². The number of hydrogen-bond acceptors (Lipinski definition) is 5. The molecule has 0 spiro atoms. The molecule has 0 bridgehead atoms. The Morgan fingerprint density at radius 3 is 2.68 bits per heavy atom. The Morgan fingerprint density at radius 1 is 1.29 bits per heavy atom. The number of nitrogens with zero attached hydrogens (tertiary/aromatic N) is 4. The van der Waals surface area contributed by atoms with Gasteiger partial charge in [0.1, 0.15) is 23.0 Å². The van der Waals surface area contributed by atoms with Gasteiger partial charge in [0.25, 0.3) is 5.56 Å². The molecule has 1 atom stereocenters. The Bertz CT molecular complexity index is 1040. The number of hydrogen-bond donors (Lipinski definition) is 3. The molecule has 0 radical (unpaired) electrons. The van der Waals surface area contributed by atoms with Gasteiger partial charge in [-0.15, -0.1) is 0 Å². The molecule has 1 aromatic carbocycles. The Morgan fingerprint density at radius 2 is 2.00 bits per heavy atom. The van der Waals surface area contributed by atoms with Crippen LogP contribution in [0.2, 0.25) is 0 Å². The number of aromatic nitrogens is 4. The smallest absolute Gasteiger partial charge is 0.314 e. The molecule has 4 N–H and O–H groups in total. The number of likely N-dealkylation sites (tertiary alicyclic amines) is 1. The van der Waals surface area contributed by atoms with Crippen LogP contribution in [0, 0.1) is 5.92 Å². The fourth-order valence-electron chi connectivity index (χ4n) is 4.24. The van der Waals surface area contributed by atoms with E-state index >= 15 is 0 Å². The maximum Gasteiger partial charge on any atom is 0.314 e. The van der Waals surface area contributed by atoms with Gasteiger partial charge in [0, 0.05) is 5.92 Å². The van der Waals surface area contributed by atoms with Gasteiger partial charge in [-0.2, -0.15) is 10.1 Å². The van der Waals surface area contributed by atoms with Gasteiger partial charge >= 0.3 is 6.03 Å². The van der Waals surface area contributed by atoms with Crippen LogP contribution in [0.3, 0.4) is 0 Å². The van der Waals surface area contributed by atoms with E-state index in [0.717, 1.165) is 31.5 Å². The molecule has 1 aliphatic rings. The SMILES string of the molecule is CN1CCC(C(NC(N)=O)(c2ccccc2)n2cnc(=O)c3cn[nH]c32)CC1. The van der Waals surface area contributed by atoms with E-state index in [1.54, 1.807) is 4.57 Å². The van der Waals surface area contributed by atoms with Crippen molar-refractivity contribution in [3.05, 3.63) is 58.8 Å². The highest BCUT2D eigenvalue weighted by molar-refractivity contribution is 5.76. The van der Waals surface area contributed by atoms with Gasteiger partial charge in [0.2, 0.25) is 0 Å². The Hall–Kier alpha value is -3.20. The zero-order valence-electron chi connectivity index (χ0n) is 15.6. The van der Waals surface area contributed by atoms with Gasteiger partial charge in [-0.1, -0.05) is 30.3 Å². The third-order valence-corrected chi connectivity index (χ3v) is 5.60.